The van der Waals surface area contributed by atoms with Gasteiger partial charge in [0.1, 0.15) is 11.7 Å². The summed E-state index contributed by atoms with van der Waals surface area (Å²) in [7, 11) is 0. The van der Waals surface area contributed by atoms with Gasteiger partial charge in [-0.15, -0.1) is 0 Å². The van der Waals surface area contributed by atoms with Crippen LogP contribution in [0, 0.1) is 18.7 Å². The summed E-state index contributed by atoms with van der Waals surface area (Å²) in [6, 6.07) is 2.00. The Hall–Kier alpha value is -2.68. The molecular weight excluding hydrogens is 389 g/mol. The summed E-state index contributed by atoms with van der Waals surface area (Å²) in [5.74, 6) is -4.71. The lowest BCUT2D eigenvalue weighted by Crippen LogP contribution is -2.37. The molecule has 0 N–H and O–H groups in total. The lowest BCUT2D eigenvalue weighted by molar-refractivity contribution is -0.269. The van der Waals surface area contributed by atoms with Crippen molar-refractivity contribution in [2.45, 2.75) is 52.2 Å². The standard InChI is InChI=1S/C20H19F3N2O4/c1-9(2)29-20(22,23)18-12(17(28)16-14(26)5-4-6-15(16)27)7-11-8-13(21)10(3)24-19(11)25-18/h7-9,16H,4-6H2,1-3H3. The molecule has 0 unspecified atom stereocenters. The number of aryl methyl sites for hydroxylation is 1. The number of nitrogens with zero attached hydrogens (tertiary/aromatic N) is 2. The van der Waals surface area contributed by atoms with Gasteiger partial charge < -0.3 is 4.74 Å². The van der Waals surface area contributed by atoms with E-state index in [0.717, 1.165) is 12.1 Å². The number of alkyl halides is 2. The summed E-state index contributed by atoms with van der Waals surface area (Å²) in [4.78, 5) is 44.9. The molecule has 6 nitrogen and oxygen atoms in total. The van der Waals surface area contributed by atoms with E-state index in [1.165, 1.54) is 20.8 Å². The molecule has 0 aliphatic heterocycles. The third kappa shape index (κ3) is 4.05. The maximum absolute atomic E-state index is 14.8. The number of hydrogen-bond donors (Lipinski definition) is 0. The maximum Gasteiger partial charge on any atom is 0.401 e. The highest BCUT2D eigenvalue weighted by Crippen LogP contribution is 2.35. The van der Waals surface area contributed by atoms with Crippen molar-refractivity contribution in [2.24, 2.45) is 5.92 Å². The summed E-state index contributed by atoms with van der Waals surface area (Å²) in [6.07, 6.45) is -4.57. The average Bonchev–Trinajstić information content (AvgIpc) is 2.60. The highest BCUT2D eigenvalue weighted by molar-refractivity contribution is 6.25. The zero-order chi connectivity index (χ0) is 21.5. The van der Waals surface area contributed by atoms with E-state index in [1.54, 1.807) is 0 Å². The molecule has 1 aliphatic carbocycles. The smallest absolute Gasteiger partial charge is 0.313 e. The van der Waals surface area contributed by atoms with Gasteiger partial charge in [0.05, 0.1) is 17.4 Å². The number of Topliss-reactive ketones (excluding diaryl/α,β-unsaturated/α-hetero) is 3. The second-order valence-electron chi connectivity index (χ2n) is 7.25. The van der Waals surface area contributed by atoms with Gasteiger partial charge in [-0.2, -0.15) is 8.78 Å². The third-order valence-electron chi connectivity index (χ3n) is 4.61. The molecule has 0 atom stereocenters. The van der Waals surface area contributed by atoms with Crippen molar-refractivity contribution in [2.75, 3.05) is 0 Å². The molecule has 0 amide bonds. The number of aromatic nitrogens is 2. The molecule has 0 spiro atoms. The van der Waals surface area contributed by atoms with Crippen molar-refractivity contribution >= 4 is 28.4 Å². The molecule has 9 heteroatoms. The van der Waals surface area contributed by atoms with E-state index in [0.29, 0.717) is 6.42 Å². The largest absolute Gasteiger partial charge is 0.401 e. The van der Waals surface area contributed by atoms with Crippen LogP contribution in [-0.4, -0.2) is 33.4 Å². The summed E-state index contributed by atoms with van der Waals surface area (Å²) < 4.78 is 48.1. The Kier molecular flexibility index (Phi) is 5.53. The van der Waals surface area contributed by atoms with E-state index in [4.69, 9.17) is 0 Å². The van der Waals surface area contributed by atoms with Crippen molar-refractivity contribution in [1.82, 2.24) is 9.97 Å². The second-order valence-corrected chi connectivity index (χ2v) is 7.25. The van der Waals surface area contributed by atoms with Gasteiger partial charge in [0.2, 0.25) is 0 Å². The van der Waals surface area contributed by atoms with Gasteiger partial charge in [-0.3, -0.25) is 14.4 Å². The highest BCUT2D eigenvalue weighted by Gasteiger charge is 2.44. The van der Waals surface area contributed by atoms with Gasteiger partial charge in [-0.1, -0.05) is 0 Å². The van der Waals surface area contributed by atoms with Crippen molar-refractivity contribution in [3.05, 3.63) is 34.9 Å². The fourth-order valence-corrected chi connectivity index (χ4v) is 3.28. The number of fused-ring (bicyclic) bond motifs is 1. The van der Waals surface area contributed by atoms with E-state index >= 15 is 0 Å². The number of halogens is 3. The lowest BCUT2D eigenvalue weighted by Gasteiger charge is -2.23. The van der Waals surface area contributed by atoms with Crippen LogP contribution in [-0.2, 0) is 20.4 Å². The first kappa shape index (κ1) is 21.0. The molecule has 1 fully saturated rings. The van der Waals surface area contributed by atoms with E-state index in [-0.39, 0.29) is 29.6 Å². The topological polar surface area (TPSA) is 86.2 Å². The van der Waals surface area contributed by atoms with E-state index in [1.807, 2.05) is 0 Å². The molecule has 0 aromatic carbocycles. The minimum absolute atomic E-state index is 0.00347. The zero-order valence-corrected chi connectivity index (χ0v) is 16.1. The van der Waals surface area contributed by atoms with Crippen LogP contribution in [0.5, 0.6) is 0 Å². The van der Waals surface area contributed by atoms with Crippen LogP contribution in [0.1, 0.15) is 54.9 Å². The summed E-state index contributed by atoms with van der Waals surface area (Å²) in [5, 5.41) is -0.00347. The van der Waals surface area contributed by atoms with Crippen molar-refractivity contribution in [3.63, 3.8) is 0 Å². The molecule has 2 heterocycles. The number of carbonyl (C=O) groups excluding carboxylic acids is 3. The minimum atomic E-state index is -3.99. The maximum atomic E-state index is 14.8. The van der Waals surface area contributed by atoms with E-state index < -0.39 is 52.6 Å². The monoisotopic (exact) mass is 408 g/mol. The Bertz CT molecular complexity index is 1000. The van der Waals surface area contributed by atoms with Crippen LogP contribution in [0.15, 0.2) is 12.1 Å². The first-order valence-electron chi connectivity index (χ1n) is 9.15. The van der Waals surface area contributed by atoms with Gasteiger partial charge in [-0.05, 0) is 39.3 Å². The fourth-order valence-electron chi connectivity index (χ4n) is 3.28. The molecule has 0 bridgehead atoms. The summed E-state index contributed by atoms with van der Waals surface area (Å²) in [6.45, 7) is 4.10. The van der Waals surface area contributed by atoms with Gasteiger partial charge in [0.25, 0.3) is 0 Å². The Morgan fingerprint density at radius 1 is 1.17 bits per heavy atom. The summed E-state index contributed by atoms with van der Waals surface area (Å²) >= 11 is 0. The molecule has 2 aromatic heterocycles. The zero-order valence-electron chi connectivity index (χ0n) is 16.1. The van der Waals surface area contributed by atoms with Crippen molar-refractivity contribution in [3.8, 4) is 0 Å². The number of carbonyl (C=O) groups is 3. The van der Waals surface area contributed by atoms with E-state index in [9.17, 15) is 27.6 Å². The average molecular weight is 408 g/mol. The normalized spacial score (nSPS) is 16.1. The van der Waals surface area contributed by atoms with Crippen LogP contribution in [0.2, 0.25) is 0 Å². The molecule has 29 heavy (non-hydrogen) atoms. The minimum Gasteiger partial charge on any atom is -0.313 e. The van der Waals surface area contributed by atoms with Gasteiger partial charge in [-0.25, -0.2) is 14.4 Å². The molecule has 1 aliphatic rings. The summed E-state index contributed by atoms with van der Waals surface area (Å²) in [5.41, 5.74) is -1.96. The molecule has 0 radical (unpaired) electrons. The van der Waals surface area contributed by atoms with Gasteiger partial charge in [0, 0.05) is 18.2 Å². The van der Waals surface area contributed by atoms with Crippen LogP contribution in [0.4, 0.5) is 13.2 Å². The van der Waals surface area contributed by atoms with Crippen LogP contribution >= 0.6 is 0 Å². The number of pyridine rings is 2. The SMILES string of the molecule is Cc1nc2nc(C(F)(F)OC(C)C)c(C(=O)C3C(=O)CCCC3=O)cc2cc1F. The number of ether oxygens (including phenoxy) is 1. The third-order valence-corrected chi connectivity index (χ3v) is 4.61. The Labute approximate surface area is 164 Å². The van der Waals surface area contributed by atoms with Crippen LogP contribution in [0.25, 0.3) is 11.0 Å². The molecule has 154 valence electrons. The van der Waals surface area contributed by atoms with Crippen LogP contribution in [0.3, 0.4) is 0 Å². The number of hydrogen-bond acceptors (Lipinski definition) is 6. The molecule has 2 aromatic rings. The first-order chi connectivity index (χ1) is 13.5. The predicted octanol–water partition coefficient (Wildman–Crippen LogP) is 3.67. The quantitative estimate of drug-likeness (QED) is 0.554. The predicted molar refractivity (Wildman–Crippen MR) is 96.0 cm³/mol. The molecule has 1 saturated carbocycles. The molecule has 3 rings (SSSR count). The fraction of sp³-hybridized carbons (Fsp3) is 0.450. The highest BCUT2D eigenvalue weighted by atomic mass is 19.3. The Morgan fingerprint density at radius 3 is 2.38 bits per heavy atom. The lowest BCUT2D eigenvalue weighted by atomic mass is 9.81. The Balaban J connectivity index is 2.23. The van der Waals surface area contributed by atoms with Gasteiger partial charge >= 0.3 is 6.11 Å². The Morgan fingerprint density at radius 2 is 1.79 bits per heavy atom. The number of ketones is 3. The first-order valence-corrected chi connectivity index (χ1v) is 9.15. The van der Waals surface area contributed by atoms with Crippen LogP contribution < -0.4 is 0 Å². The molecule has 0 saturated heterocycles. The van der Waals surface area contributed by atoms with Crippen molar-refractivity contribution in [1.29, 1.82) is 0 Å². The molecular formula is C20H19F3N2O4. The van der Waals surface area contributed by atoms with E-state index in [2.05, 4.69) is 14.7 Å². The van der Waals surface area contributed by atoms with Crippen molar-refractivity contribution < 1.29 is 32.3 Å². The number of rotatable bonds is 5. The second kappa shape index (κ2) is 7.62. The van der Waals surface area contributed by atoms with Gasteiger partial charge in [0.15, 0.2) is 28.7 Å².